The first kappa shape index (κ1) is 11.6. The number of carbonyl (C=O) groups is 1. The van der Waals surface area contributed by atoms with Gasteiger partial charge in [-0.05, 0) is 23.6 Å². The van der Waals surface area contributed by atoms with Gasteiger partial charge in [-0.1, -0.05) is 26.0 Å². The fourth-order valence-corrected chi connectivity index (χ4v) is 1.22. The smallest absolute Gasteiger partial charge is 0.220 e. The number of nitrogens with two attached hydrogens (primary N) is 1. The second kappa shape index (κ2) is 5.39. The molecule has 1 aromatic carbocycles. The van der Waals surface area contributed by atoms with Crippen LogP contribution in [0.3, 0.4) is 0 Å². The largest absolute Gasteiger partial charge is 0.493 e. The highest BCUT2D eigenvalue weighted by molar-refractivity contribution is 5.73. The van der Waals surface area contributed by atoms with E-state index < -0.39 is 0 Å². The van der Waals surface area contributed by atoms with Crippen LogP contribution in [0.2, 0.25) is 0 Å². The average molecular weight is 207 g/mol. The van der Waals surface area contributed by atoms with Gasteiger partial charge in [0.25, 0.3) is 0 Å². The molecule has 3 heteroatoms. The van der Waals surface area contributed by atoms with Crippen molar-refractivity contribution in [3.8, 4) is 5.75 Å². The van der Waals surface area contributed by atoms with Gasteiger partial charge in [0.05, 0.1) is 13.0 Å². The van der Waals surface area contributed by atoms with Crippen molar-refractivity contribution >= 4 is 5.91 Å². The molecule has 0 aliphatic rings. The van der Waals surface area contributed by atoms with E-state index >= 15 is 0 Å². The van der Waals surface area contributed by atoms with Crippen LogP contribution in [0.5, 0.6) is 5.75 Å². The van der Waals surface area contributed by atoms with Crippen LogP contribution in [0.25, 0.3) is 0 Å². The number of hydrogen-bond acceptors (Lipinski definition) is 2. The van der Waals surface area contributed by atoms with E-state index in [1.165, 1.54) is 5.56 Å². The number of primary amides is 1. The lowest BCUT2D eigenvalue weighted by Gasteiger charge is -2.07. The van der Waals surface area contributed by atoms with Crippen molar-refractivity contribution < 1.29 is 9.53 Å². The van der Waals surface area contributed by atoms with Gasteiger partial charge in [-0.2, -0.15) is 0 Å². The van der Waals surface area contributed by atoms with Crippen molar-refractivity contribution in [1.29, 1.82) is 0 Å². The van der Waals surface area contributed by atoms with Gasteiger partial charge < -0.3 is 10.5 Å². The molecule has 0 saturated heterocycles. The predicted molar refractivity (Wildman–Crippen MR) is 59.8 cm³/mol. The summed E-state index contributed by atoms with van der Waals surface area (Å²) < 4.78 is 5.35. The lowest BCUT2D eigenvalue weighted by molar-refractivity contribution is -0.118. The Bertz CT molecular complexity index is 317. The summed E-state index contributed by atoms with van der Waals surface area (Å²) in [6.07, 6.45) is 0.256. The molecule has 0 radical (unpaired) electrons. The first-order valence-corrected chi connectivity index (χ1v) is 5.10. The molecule has 1 amide bonds. The van der Waals surface area contributed by atoms with Crippen molar-refractivity contribution in [2.45, 2.75) is 26.2 Å². The molecule has 0 spiro atoms. The van der Waals surface area contributed by atoms with Crippen molar-refractivity contribution in [1.82, 2.24) is 0 Å². The Hall–Kier alpha value is -1.51. The van der Waals surface area contributed by atoms with Crippen molar-refractivity contribution in [3.05, 3.63) is 29.8 Å². The monoisotopic (exact) mass is 207 g/mol. The molecule has 0 unspecified atom stereocenters. The van der Waals surface area contributed by atoms with Gasteiger partial charge >= 0.3 is 0 Å². The van der Waals surface area contributed by atoms with Crippen LogP contribution in [0, 0.1) is 0 Å². The van der Waals surface area contributed by atoms with E-state index in [1.807, 2.05) is 24.3 Å². The molecule has 15 heavy (non-hydrogen) atoms. The summed E-state index contributed by atoms with van der Waals surface area (Å²) in [6, 6.07) is 7.89. The summed E-state index contributed by atoms with van der Waals surface area (Å²) in [5.41, 5.74) is 6.28. The standard InChI is InChI=1S/C12H17NO2/c1-9(2)10-3-5-11(6-4-10)15-8-7-12(13)14/h3-6,9H,7-8H2,1-2H3,(H2,13,14). The third-order valence-corrected chi connectivity index (χ3v) is 2.16. The quantitative estimate of drug-likeness (QED) is 0.803. The zero-order valence-electron chi connectivity index (χ0n) is 9.19. The number of hydrogen-bond donors (Lipinski definition) is 1. The Kier molecular flexibility index (Phi) is 4.16. The van der Waals surface area contributed by atoms with E-state index in [-0.39, 0.29) is 12.3 Å². The van der Waals surface area contributed by atoms with Crippen LogP contribution in [0.15, 0.2) is 24.3 Å². The third-order valence-electron chi connectivity index (χ3n) is 2.16. The first-order chi connectivity index (χ1) is 7.09. The van der Waals surface area contributed by atoms with Crippen LogP contribution >= 0.6 is 0 Å². The van der Waals surface area contributed by atoms with Gasteiger partial charge in [-0.15, -0.1) is 0 Å². The van der Waals surface area contributed by atoms with E-state index in [0.717, 1.165) is 5.75 Å². The van der Waals surface area contributed by atoms with Crippen LogP contribution in [-0.2, 0) is 4.79 Å². The molecule has 82 valence electrons. The van der Waals surface area contributed by atoms with Gasteiger partial charge in [-0.25, -0.2) is 0 Å². The van der Waals surface area contributed by atoms with E-state index in [9.17, 15) is 4.79 Å². The number of amides is 1. The second-order valence-electron chi connectivity index (χ2n) is 3.79. The van der Waals surface area contributed by atoms with Crippen LogP contribution in [0.1, 0.15) is 31.7 Å². The van der Waals surface area contributed by atoms with Crippen LogP contribution in [0.4, 0.5) is 0 Å². The molecular formula is C12H17NO2. The molecule has 3 nitrogen and oxygen atoms in total. The number of ether oxygens (including phenoxy) is 1. The third kappa shape index (κ3) is 4.02. The van der Waals surface area contributed by atoms with Gasteiger partial charge in [-0.3, -0.25) is 4.79 Å². The first-order valence-electron chi connectivity index (χ1n) is 5.10. The molecule has 2 N–H and O–H groups in total. The minimum Gasteiger partial charge on any atom is -0.493 e. The summed E-state index contributed by atoms with van der Waals surface area (Å²) in [6.45, 7) is 4.63. The van der Waals surface area contributed by atoms with E-state index in [1.54, 1.807) is 0 Å². The maximum Gasteiger partial charge on any atom is 0.220 e. The number of benzene rings is 1. The van der Waals surface area contributed by atoms with Crippen molar-refractivity contribution in [2.75, 3.05) is 6.61 Å². The topological polar surface area (TPSA) is 52.3 Å². The Labute approximate surface area is 90.2 Å². The van der Waals surface area contributed by atoms with Crippen molar-refractivity contribution in [3.63, 3.8) is 0 Å². The minimum absolute atomic E-state index is 0.256. The summed E-state index contributed by atoms with van der Waals surface area (Å²) in [4.78, 5) is 10.5. The predicted octanol–water partition coefficient (Wildman–Crippen LogP) is 2.06. The maximum absolute atomic E-state index is 10.5. The van der Waals surface area contributed by atoms with E-state index in [2.05, 4.69) is 13.8 Å². The second-order valence-corrected chi connectivity index (χ2v) is 3.79. The van der Waals surface area contributed by atoms with Crippen LogP contribution in [-0.4, -0.2) is 12.5 Å². The Morgan fingerprint density at radius 2 is 1.93 bits per heavy atom. The molecule has 0 bridgehead atoms. The van der Waals surface area contributed by atoms with Crippen molar-refractivity contribution in [2.24, 2.45) is 5.73 Å². The van der Waals surface area contributed by atoms with Gasteiger partial charge in [0, 0.05) is 0 Å². The molecule has 0 fully saturated rings. The lowest BCUT2D eigenvalue weighted by Crippen LogP contribution is -2.14. The van der Waals surface area contributed by atoms with E-state index in [4.69, 9.17) is 10.5 Å². The summed E-state index contributed by atoms with van der Waals surface area (Å²) in [5.74, 6) is 0.958. The zero-order valence-corrected chi connectivity index (χ0v) is 9.19. The summed E-state index contributed by atoms with van der Waals surface area (Å²) >= 11 is 0. The molecular weight excluding hydrogens is 190 g/mol. The Balaban J connectivity index is 2.46. The molecule has 0 atom stereocenters. The normalized spacial score (nSPS) is 10.3. The zero-order chi connectivity index (χ0) is 11.3. The summed E-state index contributed by atoms with van der Waals surface area (Å²) in [5, 5.41) is 0. The lowest BCUT2D eigenvalue weighted by atomic mass is 10.0. The highest BCUT2D eigenvalue weighted by Crippen LogP contribution is 2.18. The molecule has 0 heterocycles. The highest BCUT2D eigenvalue weighted by atomic mass is 16.5. The van der Waals surface area contributed by atoms with E-state index in [0.29, 0.717) is 12.5 Å². The molecule has 0 saturated carbocycles. The highest BCUT2D eigenvalue weighted by Gasteiger charge is 2.00. The molecule has 0 aliphatic heterocycles. The summed E-state index contributed by atoms with van der Waals surface area (Å²) in [7, 11) is 0. The number of rotatable bonds is 5. The van der Waals surface area contributed by atoms with Gasteiger partial charge in [0.15, 0.2) is 0 Å². The Morgan fingerprint density at radius 3 is 2.40 bits per heavy atom. The molecule has 0 aliphatic carbocycles. The van der Waals surface area contributed by atoms with Gasteiger partial charge in [0.1, 0.15) is 5.75 Å². The molecule has 1 rings (SSSR count). The maximum atomic E-state index is 10.5. The van der Waals surface area contributed by atoms with Crippen LogP contribution < -0.4 is 10.5 Å². The minimum atomic E-state index is -0.339. The fraction of sp³-hybridized carbons (Fsp3) is 0.417. The Morgan fingerprint density at radius 1 is 1.33 bits per heavy atom. The SMILES string of the molecule is CC(C)c1ccc(OCCC(N)=O)cc1. The average Bonchev–Trinajstić information content (AvgIpc) is 2.18. The fourth-order valence-electron chi connectivity index (χ4n) is 1.22. The number of carbonyl (C=O) groups excluding carboxylic acids is 1. The molecule has 1 aromatic rings. The van der Waals surface area contributed by atoms with Gasteiger partial charge in [0.2, 0.25) is 5.91 Å². The molecule has 0 aromatic heterocycles.